The first-order valence-corrected chi connectivity index (χ1v) is 12.5. The highest BCUT2D eigenvalue weighted by atomic mass is 32.2. The highest BCUT2D eigenvalue weighted by Crippen LogP contribution is 2.27. The number of morpholine rings is 1. The zero-order valence-corrected chi connectivity index (χ0v) is 20.5. The van der Waals surface area contributed by atoms with E-state index in [-0.39, 0.29) is 11.7 Å². The number of anilines is 2. The molecule has 1 fully saturated rings. The molecule has 2 aromatic carbocycles. The Kier molecular flexibility index (Phi) is 6.82. The molecule has 1 N–H and O–H groups in total. The lowest BCUT2D eigenvalue weighted by Crippen LogP contribution is -2.37. The van der Waals surface area contributed by atoms with Gasteiger partial charge >= 0.3 is 0 Å². The Labute approximate surface area is 208 Å². The second kappa shape index (κ2) is 10.3. The van der Waals surface area contributed by atoms with Crippen LogP contribution in [0.15, 0.2) is 65.8 Å². The highest BCUT2D eigenvalue weighted by molar-refractivity contribution is 7.99. The van der Waals surface area contributed by atoms with E-state index < -0.39 is 0 Å². The van der Waals surface area contributed by atoms with Crippen LogP contribution < -0.4 is 10.2 Å². The number of nitrogens with zero attached hydrogens (tertiary/aromatic N) is 6. The Hall–Kier alpha value is -3.63. The molecule has 0 aliphatic carbocycles. The molecule has 10 heteroatoms. The maximum absolute atomic E-state index is 12.9. The van der Waals surface area contributed by atoms with Crippen molar-refractivity contribution in [1.29, 1.82) is 0 Å². The summed E-state index contributed by atoms with van der Waals surface area (Å²) in [7, 11) is 0. The smallest absolute Gasteiger partial charge is 0.236 e. The summed E-state index contributed by atoms with van der Waals surface area (Å²) in [6, 6.07) is 19.9. The molecule has 0 spiro atoms. The Balaban J connectivity index is 1.34. The van der Waals surface area contributed by atoms with Crippen molar-refractivity contribution in [3.05, 3.63) is 71.9 Å². The number of benzene rings is 2. The number of aryl methyl sites for hydroxylation is 2. The molecule has 3 heterocycles. The minimum atomic E-state index is -0.140. The fourth-order valence-electron chi connectivity index (χ4n) is 3.91. The lowest BCUT2D eigenvalue weighted by molar-refractivity contribution is -0.113. The molecule has 1 aliphatic rings. The summed E-state index contributed by atoms with van der Waals surface area (Å²) in [5, 5.41) is 17.1. The molecule has 0 radical (unpaired) electrons. The van der Waals surface area contributed by atoms with Gasteiger partial charge in [-0.3, -0.25) is 9.36 Å². The van der Waals surface area contributed by atoms with Gasteiger partial charge in [0, 0.05) is 19.2 Å². The minimum absolute atomic E-state index is 0.140. The summed E-state index contributed by atoms with van der Waals surface area (Å²) in [5.41, 5.74) is 3.84. The fourth-order valence-corrected chi connectivity index (χ4v) is 4.65. The van der Waals surface area contributed by atoms with Crippen molar-refractivity contribution >= 4 is 29.4 Å². The molecule has 35 heavy (non-hydrogen) atoms. The molecule has 180 valence electrons. The van der Waals surface area contributed by atoms with Crippen LogP contribution in [0, 0.1) is 13.8 Å². The quantitative estimate of drug-likeness (QED) is 0.397. The van der Waals surface area contributed by atoms with Crippen molar-refractivity contribution in [2.75, 3.05) is 42.3 Å². The summed E-state index contributed by atoms with van der Waals surface area (Å²) in [6.07, 6.45) is 0. The summed E-state index contributed by atoms with van der Waals surface area (Å²) < 4.78 is 9.25. The van der Waals surface area contributed by atoms with Crippen LogP contribution in [-0.2, 0) is 9.53 Å². The van der Waals surface area contributed by atoms with Gasteiger partial charge in [-0.15, -0.1) is 10.2 Å². The molecule has 5 rings (SSSR count). The van der Waals surface area contributed by atoms with Gasteiger partial charge in [0.05, 0.1) is 36.0 Å². The summed E-state index contributed by atoms with van der Waals surface area (Å²) >= 11 is 1.35. The number of carbonyl (C=O) groups is 1. The maximum atomic E-state index is 12.9. The molecular weight excluding hydrogens is 462 g/mol. The van der Waals surface area contributed by atoms with E-state index in [0.717, 1.165) is 36.1 Å². The number of amides is 1. The van der Waals surface area contributed by atoms with Crippen LogP contribution in [-0.4, -0.2) is 62.5 Å². The summed E-state index contributed by atoms with van der Waals surface area (Å²) in [6.45, 7) is 6.75. The Morgan fingerprint density at radius 1 is 1.00 bits per heavy atom. The molecular formula is C25H27N7O2S. The van der Waals surface area contributed by atoms with E-state index in [1.165, 1.54) is 17.3 Å². The van der Waals surface area contributed by atoms with Gasteiger partial charge in [0.15, 0.2) is 5.16 Å². The van der Waals surface area contributed by atoms with Crippen LogP contribution in [0.5, 0.6) is 0 Å². The third-order valence-electron chi connectivity index (χ3n) is 5.63. The van der Waals surface area contributed by atoms with E-state index in [2.05, 4.69) is 25.5 Å². The zero-order valence-electron chi connectivity index (χ0n) is 19.7. The second-order valence-electron chi connectivity index (χ2n) is 8.31. The van der Waals surface area contributed by atoms with Crippen molar-refractivity contribution in [3.63, 3.8) is 0 Å². The first kappa shape index (κ1) is 23.1. The van der Waals surface area contributed by atoms with Crippen molar-refractivity contribution in [2.45, 2.75) is 19.0 Å². The molecule has 0 bridgehead atoms. The summed E-state index contributed by atoms with van der Waals surface area (Å²) in [4.78, 5) is 15.1. The SMILES string of the molecule is Cc1ccc(-n2nc(C)cc2NC(=O)CSc2nnc(N3CCOCC3)n2-c2ccccc2)cc1. The van der Waals surface area contributed by atoms with Gasteiger partial charge in [-0.25, -0.2) is 4.68 Å². The average molecular weight is 490 g/mol. The Morgan fingerprint density at radius 2 is 1.74 bits per heavy atom. The standard InChI is InChI=1S/C25H27N7O2S/c1-18-8-10-21(11-9-18)32-22(16-19(2)29-32)26-23(33)17-35-25-28-27-24(30-12-14-34-15-13-30)31(25)20-6-4-3-5-7-20/h3-11,16H,12-15,17H2,1-2H3,(H,26,33). The van der Waals surface area contributed by atoms with E-state index in [4.69, 9.17) is 4.74 Å². The number of aromatic nitrogens is 5. The van der Waals surface area contributed by atoms with Crippen LogP contribution in [0.2, 0.25) is 0 Å². The van der Waals surface area contributed by atoms with E-state index >= 15 is 0 Å². The molecule has 1 saturated heterocycles. The van der Waals surface area contributed by atoms with E-state index in [9.17, 15) is 4.79 Å². The molecule has 0 atom stereocenters. The van der Waals surface area contributed by atoms with Crippen molar-refractivity contribution in [1.82, 2.24) is 24.5 Å². The molecule has 1 amide bonds. The number of carbonyl (C=O) groups excluding carboxylic acids is 1. The average Bonchev–Trinajstić information content (AvgIpc) is 3.47. The third kappa shape index (κ3) is 5.23. The minimum Gasteiger partial charge on any atom is -0.378 e. The Bertz CT molecular complexity index is 1300. The number of rotatable bonds is 7. The van der Waals surface area contributed by atoms with E-state index in [0.29, 0.717) is 24.2 Å². The van der Waals surface area contributed by atoms with Crippen LogP contribution >= 0.6 is 11.8 Å². The van der Waals surface area contributed by atoms with Crippen LogP contribution in [0.4, 0.5) is 11.8 Å². The third-order valence-corrected chi connectivity index (χ3v) is 6.56. The normalized spacial score (nSPS) is 13.7. The van der Waals surface area contributed by atoms with Crippen molar-refractivity contribution in [2.24, 2.45) is 0 Å². The van der Waals surface area contributed by atoms with Gasteiger partial charge in [0.25, 0.3) is 0 Å². The molecule has 0 unspecified atom stereocenters. The zero-order chi connectivity index (χ0) is 24.2. The fraction of sp³-hybridized carbons (Fsp3) is 0.280. The van der Waals surface area contributed by atoms with Gasteiger partial charge < -0.3 is 15.0 Å². The van der Waals surface area contributed by atoms with Gasteiger partial charge in [0.2, 0.25) is 11.9 Å². The number of hydrogen-bond donors (Lipinski definition) is 1. The molecule has 1 aliphatic heterocycles. The van der Waals surface area contributed by atoms with E-state index in [1.54, 1.807) is 4.68 Å². The monoisotopic (exact) mass is 489 g/mol. The molecule has 4 aromatic rings. The summed E-state index contributed by atoms with van der Waals surface area (Å²) in [5.74, 6) is 1.44. The van der Waals surface area contributed by atoms with Gasteiger partial charge in [-0.1, -0.05) is 47.7 Å². The Morgan fingerprint density at radius 3 is 2.49 bits per heavy atom. The number of hydrogen-bond acceptors (Lipinski definition) is 7. The van der Waals surface area contributed by atoms with Gasteiger partial charge in [0.1, 0.15) is 5.82 Å². The lowest BCUT2D eigenvalue weighted by atomic mass is 10.2. The highest BCUT2D eigenvalue weighted by Gasteiger charge is 2.22. The maximum Gasteiger partial charge on any atom is 0.236 e. The van der Waals surface area contributed by atoms with Gasteiger partial charge in [-0.2, -0.15) is 5.10 Å². The largest absolute Gasteiger partial charge is 0.378 e. The van der Waals surface area contributed by atoms with E-state index in [1.807, 2.05) is 79.1 Å². The molecule has 9 nitrogen and oxygen atoms in total. The number of para-hydroxylation sites is 1. The van der Waals surface area contributed by atoms with Gasteiger partial charge in [-0.05, 0) is 38.1 Å². The van der Waals surface area contributed by atoms with Crippen LogP contribution in [0.3, 0.4) is 0 Å². The predicted octanol–water partition coefficient (Wildman–Crippen LogP) is 3.64. The number of ether oxygens (including phenoxy) is 1. The van der Waals surface area contributed by atoms with Crippen molar-refractivity contribution in [3.8, 4) is 11.4 Å². The molecule has 2 aromatic heterocycles. The number of thioether (sulfide) groups is 1. The number of nitrogens with one attached hydrogen (secondary N) is 1. The topological polar surface area (TPSA) is 90.1 Å². The second-order valence-corrected chi connectivity index (χ2v) is 9.25. The predicted molar refractivity (Wildman–Crippen MR) is 137 cm³/mol. The van der Waals surface area contributed by atoms with Crippen molar-refractivity contribution < 1.29 is 9.53 Å². The van der Waals surface area contributed by atoms with Crippen LogP contribution in [0.1, 0.15) is 11.3 Å². The van der Waals surface area contributed by atoms with Crippen LogP contribution in [0.25, 0.3) is 11.4 Å². The first-order valence-electron chi connectivity index (χ1n) is 11.5. The first-order chi connectivity index (χ1) is 17.1. The lowest BCUT2D eigenvalue weighted by Gasteiger charge is -2.27. The molecule has 0 saturated carbocycles.